The van der Waals surface area contributed by atoms with Gasteiger partial charge in [0, 0.05) is 17.0 Å². The molecule has 0 spiro atoms. The molecule has 8 nitrogen and oxygen atoms in total. The number of rotatable bonds is 5. The number of nitrogens with one attached hydrogen (secondary N) is 1. The number of non-ortho nitro benzene ring substituents is 1. The van der Waals surface area contributed by atoms with Gasteiger partial charge in [0.15, 0.2) is 5.17 Å². The van der Waals surface area contributed by atoms with E-state index in [2.05, 4.69) is 10.3 Å². The zero-order chi connectivity index (χ0) is 17.9. The number of carboxylic acid groups (broad SMARTS) is 1. The van der Waals surface area contributed by atoms with Gasteiger partial charge in [-0.3, -0.25) is 19.9 Å². The first-order valence-corrected chi connectivity index (χ1v) is 9.26. The first-order chi connectivity index (χ1) is 11.4. The van der Waals surface area contributed by atoms with Gasteiger partial charge in [-0.1, -0.05) is 11.8 Å². The van der Waals surface area contributed by atoms with E-state index in [-0.39, 0.29) is 5.69 Å². The number of carbonyl (C=O) groups is 2. The Morgan fingerprint density at radius 3 is 2.62 bits per heavy atom. The van der Waals surface area contributed by atoms with Crippen LogP contribution in [0.25, 0.3) is 0 Å². The number of thioether (sulfide) groups is 2. The van der Waals surface area contributed by atoms with Crippen LogP contribution in [0.15, 0.2) is 28.1 Å². The van der Waals surface area contributed by atoms with E-state index in [1.165, 1.54) is 35.7 Å². The molecule has 24 heavy (non-hydrogen) atoms. The molecule has 1 aromatic rings. The molecule has 0 bridgehead atoms. The smallest absolute Gasteiger partial charge is 0.311 e. The number of benzene rings is 1. The van der Waals surface area contributed by atoms with Crippen LogP contribution in [0, 0.1) is 16.0 Å². The van der Waals surface area contributed by atoms with Crippen molar-refractivity contribution in [1.29, 1.82) is 0 Å². The third kappa shape index (κ3) is 3.54. The number of hydrogen-bond acceptors (Lipinski definition) is 8. The molecule has 0 fully saturated rings. The topological polar surface area (TPSA) is 122 Å². The zero-order valence-electron chi connectivity index (χ0n) is 12.8. The highest BCUT2D eigenvalue weighted by molar-refractivity contribution is 8.13. The Morgan fingerprint density at radius 1 is 1.42 bits per heavy atom. The molecular weight excluding hydrogens is 354 g/mol. The Bertz CT molecular complexity index is 710. The molecule has 0 amide bonds. The lowest BCUT2D eigenvalue weighted by atomic mass is 9.86. The van der Waals surface area contributed by atoms with Crippen molar-refractivity contribution in [1.82, 2.24) is 5.32 Å². The van der Waals surface area contributed by atoms with Crippen LogP contribution in [-0.4, -0.2) is 46.0 Å². The molecule has 1 aromatic carbocycles. The van der Waals surface area contributed by atoms with Gasteiger partial charge in [0.25, 0.3) is 5.69 Å². The largest absolute Gasteiger partial charge is 0.481 e. The number of aliphatic carboxylic acids is 1. The number of nitro benzene ring substituents is 1. The van der Waals surface area contributed by atoms with Crippen molar-refractivity contribution in [3.05, 3.63) is 33.9 Å². The van der Waals surface area contributed by atoms with Gasteiger partial charge in [-0.15, -0.1) is 11.8 Å². The maximum atomic E-state index is 11.7. The van der Waals surface area contributed by atoms with Crippen molar-refractivity contribution in [3.63, 3.8) is 0 Å². The molecular formula is C14H15N3O5S2. The van der Waals surface area contributed by atoms with Gasteiger partial charge in [0.1, 0.15) is 12.2 Å². The summed E-state index contributed by atoms with van der Waals surface area (Å²) in [5.74, 6) is -2.33. The fourth-order valence-electron chi connectivity index (χ4n) is 2.52. The molecule has 0 saturated carbocycles. The Balaban J connectivity index is 2.64. The van der Waals surface area contributed by atoms with Crippen molar-refractivity contribution in [2.75, 3.05) is 12.5 Å². The molecule has 3 unspecified atom stereocenters. The van der Waals surface area contributed by atoms with Crippen LogP contribution in [0.4, 0.5) is 5.69 Å². The van der Waals surface area contributed by atoms with E-state index < -0.39 is 28.9 Å². The van der Waals surface area contributed by atoms with E-state index in [1.54, 1.807) is 18.6 Å². The van der Waals surface area contributed by atoms with Crippen molar-refractivity contribution >= 4 is 46.6 Å². The number of hydrogen-bond donors (Lipinski definition) is 2. The van der Waals surface area contributed by atoms with Crippen LogP contribution in [0.2, 0.25) is 0 Å². The van der Waals surface area contributed by atoms with E-state index in [0.717, 1.165) is 0 Å². The van der Waals surface area contributed by atoms with E-state index in [0.29, 0.717) is 21.9 Å². The van der Waals surface area contributed by atoms with Crippen molar-refractivity contribution in [2.45, 2.75) is 17.0 Å². The summed E-state index contributed by atoms with van der Waals surface area (Å²) < 4.78 is 0. The Labute approximate surface area is 146 Å². The molecule has 2 rings (SSSR count). The summed E-state index contributed by atoms with van der Waals surface area (Å²) in [6.45, 7) is 0. The number of nitrogens with zero attached hydrogens (tertiary/aromatic N) is 2. The van der Waals surface area contributed by atoms with Crippen molar-refractivity contribution < 1.29 is 19.6 Å². The predicted molar refractivity (Wildman–Crippen MR) is 92.7 cm³/mol. The average Bonchev–Trinajstić information content (AvgIpc) is 2.59. The number of nitro groups is 1. The van der Waals surface area contributed by atoms with Crippen LogP contribution >= 0.6 is 23.5 Å². The van der Waals surface area contributed by atoms with Gasteiger partial charge in [-0.05, 0) is 24.1 Å². The highest BCUT2D eigenvalue weighted by Crippen LogP contribution is 2.39. The number of amidine groups is 1. The normalized spacial score (nSPS) is 23.1. The fraction of sp³-hybridized carbons (Fsp3) is 0.357. The highest BCUT2D eigenvalue weighted by Gasteiger charge is 2.41. The molecule has 128 valence electrons. The Morgan fingerprint density at radius 2 is 2.12 bits per heavy atom. The second kappa shape index (κ2) is 7.67. The minimum atomic E-state index is -1.19. The van der Waals surface area contributed by atoms with Crippen molar-refractivity contribution in [2.24, 2.45) is 10.9 Å². The summed E-state index contributed by atoms with van der Waals surface area (Å²) in [6.07, 6.45) is 4.07. The minimum absolute atomic E-state index is 0.144. The van der Waals surface area contributed by atoms with Gasteiger partial charge in [-0.2, -0.15) is 0 Å². The maximum absolute atomic E-state index is 11.7. The van der Waals surface area contributed by atoms with Gasteiger partial charge in [0.2, 0.25) is 0 Å². The summed E-state index contributed by atoms with van der Waals surface area (Å²) in [5.41, 5.74) is 0.290. The lowest BCUT2D eigenvalue weighted by molar-refractivity contribution is -0.385. The van der Waals surface area contributed by atoms with Crippen LogP contribution in [0.1, 0.15) is 11.6 Å². The quantitative estimate of drug-likeness (QED) is 0.349. The van der Waals surface area contributed by atoms with E-state index in [4.69, 9.17) is 0 Å². The van der Waals surface area contributed by atoms with E-state index in [1.807, 2.05) is 0 Å². The molecule has 0 saturated heterocycles. The van der Waals surface area contributed by atoms with Crippen LogP contribution in [0.5, 0.6) is 0 Å². The molecule has 1 heterocycles. The fourth-order valence-corrected chi connectivity index (χ4v) is 3.61. The molecule has 0 aliphatic carbocycles. The van der Waals surface area contributed by atoms with Gasteiger partial charge >= 0.3 is 5.97 Å². The summed E-state index contributed by atoms with van der Waals surface area (Å²) in [7, 11) is 0. The number of aliphatic imine (C=N–C) groups is 1. The summed E-state index contributed by atoms with van der Waals surface area (Å²) in [4.78, 5) is 38.6. The molecule has 3 atom stereocenters. The van der Waals surface area contributed by atoms with Gasteiger partial charge < -0.3 is 15.2 Å². The Hall–Kier alpha value is -2.07. The molecule has 2 N–H and O–H groups in total. The molecule has 0 aromatic heterocycles. The average molecular weight is 369 g/mol. The lowest BCUT2D eigenvalue weighted by Crippen LogP contribution is -2.49. The van der Waals surface area contributed by atoms with Crippen LogP contribution in [-0.2, 0) is 9.59 Å². The molecule has 0 radical (unpaired) electrons. The second-order valence-electron chi connectivity index (χ2n) is 4.94. The molecule has 1 aliphatic rings. The SMILES string of the molecule is CSC1=NC(c2cc([N+](=O)[O-])ccc2SC)C(C(=O)O)C(C=O)N1. The molecule has 1 aliphatic heterocycles. The zero-order valence-corrected chi connectivity index (χ0v) is 14.5. The van der Waals surface area contributed by atoms with E-state index >= 15 is 0 Å². The number of carboxylic acids is 1. The highest BCUT2D eigenvalue weighted by atomic mass is 32.2. The molecule has 10 heteroatoms. The summed E-state index contributed by atoms with van der Waals surface area (Å²) >= 11 is 2.59. The maximum Gasteiger partial charge on any atom is 0.311 e. The van der Waals surface area contributed by atoms with Gasteiger partial charge in [-0.25, -0.2) is 0 Å². The Kier molecular flexibility index (Phi) is 5.84. The number of carbonyl (C=O) groups excluding carboxylic acids is 1. The third-order valence-corrected chi connectivity index (χ3v) is 5.06. The summed E-state index contributed by atoms with van der Waals surface area (Å²) in [5, 5.41) is 23.8. The van der Waals surface area contributed by atoms with Gasteiger partial charge in [0.05, 0.1) is 17.0 Å². The second-order valence-corrected chi connectivity index (χ2v) is 6.58. The number of aldehydes is 1. The van der Waals surface area contributed by atoms with Crippen molar-refractivity contribution in [3.8, 4) is 0 Å². The standard InChI is InChI=1S/C14H15N3O5S2/c1-23-10-4-3-7(17(21)22)5-8(10)12-11(13(19)20)9(6-18)15-14(16-12)24-2/h3-6,9,11-12H,1-2H3,(H,15,16)(H,19,20). The third-order valence-electron chi connectivity index (χ3n) is 3.64. The lowest BCUT2D eigenvalue weighted by Gasteiger charge is -2.32. The predicted octanol–water partition coefficient (Wildman–Crippen LogP) is 1.95. The summed E-state index contributed by atoms with van der Waals surface area (Å²) in [6, 6.07) is 2.43. The van der Waals surface area contributed by atoms with E-state index in [9.17, 15) is 24.8 Å². The van der Waals surface area contributed by atoms with Crippen LogP contribution in [0.3, 0.4) is 0 Å². The van der Waals surface area contributed by atoms with Crippen LogP contribution < -0.4 is 5.32 Å². The first kappa shape index (κ1) is 18.3. The monoisotopic (exact) mass is 369 g/mol. The first-order valence-electron chi connectivity index (χ1n) is 6.81. The minimum Gasteiger partial charge on any atom is -0.481 e.